The molecule has 200 valence electrons. The number of hydrogen-bond donors (Lipinski definition) is 1. The topological polar surface area (TPSA) is 98.8 Å². The predicted octanol–water partition coefficient (Wildman–Crippen LogP) is 5.34. The standard InChI is InChI=1S/C28H41NO6S/c1-19-14-15-21-10-6-7-11-23(21)24(19)16-20(2)34-25-12-8-9-13-26(25)36(32,33)29-22(18-30)17-27(31)35-28(3,4)5/h8-9,12-13,18,20-23,29H,6-7,10-11,14-17H2,1-5H3/t20?,21?,22-,23?/m0/s1. The highest BCUT2D eigenvalue weighted by atomic mass is 32.2. The average Bonchev–Trinajstić information content (AvgIpc) is 2.79. The third-order valence-corrected chi connectivity index (χ3v) is 8.58. The SMILES string of the molecule is CC1=C(CC(C)Oc2ccccc2S(=O)(=O)N[C@H](C=O)CC(=O)OC(C)(C)C)C2CCCCC2CC1. The molecule has 1 N–H and O–H groups in total. The number of para-hydroxylation sites is 1. The smallest absolute Gasteiger partial charge is 0.308 e. The Balaban J connectivity index is 1.72. The maximum absolute atomic E-state index is 13.2. The van der Waals surface area contributed by atoms with Crippen LogP contribution >= 0.6 is 0 Å². The van der Waals surface area contributed by atoms with Crippen LogP contribution in [0.25, 0.3) is 0 Å². The molecule has 0 aromatic heterocycles. The highest BCUT2D eigenvalue weighted by Gasteiger charge is 2.33. The number of carbonyl (C=O) groups excluding carboxylic acids is 2. The van der Waals surface area contributed by atoms with Crippen LogP contribution in [0.1, 0.15) is 86.0 Å². The van der Waals surface area contributed by atoms with Crippen molar-refractivity contribution < 1.29 is 27.5 Å². The third-order valence-electron chi connectivity index (χ3n) is 7.05. The van der Waals surface area contributed by atoms with Gasteiger partial charge in [-0.1, -0.05) is 36.1 Å². The number of benzene rings is 1. The molecule has 7 nitrogen and oxygen atoms in total. The summed E-state index contributed by atoms with van der Waals surface area (Å²) in [6, 6.07) is 5.16. The van der Waals surface area contributed by atoms with Crippen LogP contribution in [0.4, 0.5) is 0 Å². The number of esters is 1. The van der Waals surface area contributed by atoms with E-state index in [9.17, 15) is 18.0 Å². The maximum Gasteiger partial charge on any atom is 0.308 e. The molecular weight excluding hydrogens is 478 g/mol. The Hall–Kier alpha value is -2.19. The van der Waals surface area contributed by atoms with E-state index in [4.69, 9.17) is 9.47 Å². The van der Waals surface area contributed by atoms with E-state index in [1.807, 2.05) is 6.92 Å². The minimum Gasteiger partial charge on any atom is -0.489 e. The first-order valence-electron chi connectivity index (χ1n) is 13.0. The summed E-state index contributed by atoms with van der Waals surface area (Å²) < 4.78 is 40.1. The minimum atomic E-state index is -4.13. The molecule has 1 saturated carbocycles. The molecule has 2 aliphatic rings. The number of rotatable bonds is 10. The Morgan fingerprint density at radius 3 is 2.56 bits per heavy atom. The van der Waals surface area contributed by atoms with Gasteiger partial charge < -0.3 is 14.3 Å². The molecule has 0 saturated heterocycles. The fourth-order valence-corrected chi connectivity index (χ4v) is 6.80. The molecular formula is C28H41NO6S. The fraction of sp³-hybridized carbons (Fsp3) is 0.643. The minimum absolute atomic E-state index is 0.0576. The average molecular weight is 520 g/mol. The molecule has 3 rings (SSSR count). The zero-order chi connectivity index (χ0) is 26.5. The van der Waals surface area contributed by atoms with Crippen molar-refractivity contribution in [2.75, 3.05) is 0 Å². The van der Waals surface area contributed by atoms with Gasteiger partial charge in [-0.25, -0.2) is 13.1 Å². The molecule has 0 radical (unpaired) electrons. The number of aldehydes is 1. The summed E-state index contributed by atoms with van der Waals surface area (Å²) in [7, 11) is -4.13. The second-order valence-corrected chi connectivity index (χ2v) is 12.9. The molecule has 1 aromatic rings. The number of ether oxygens (including phenoxy) is 2. The van der Waals surface area contributed by atoms with E-state index in [2.05, 4.69) is 11.6 Å². The van der Waals surface area contributed by atoms with Gasteiger partial charge in [-0.05, 0) is 84.3 Å². The van der Waals surface area contributed by atoms with Gasteiger partial charge in [-0.15, -0.1) is 0 Å². The van der Waals surface area contributed by atoms with Crippen LogP contribution in [0.3, 0.4) is 0 Å². The van der Waals surface area contributed by atoms with E-state index in [0.29, 0.717) is 12.2 Å². The quantitative estimate of drug-likeness (QED) is 0.255. The van der Waals surface area contributed by atoms with Crippen LogP contribution in [-0.2, 0) is 24.3 Å². The fourth-order valence-electron chi connectivity index (χ4n) is 5.50. The lowest BCUT2D eigenvalue weighted by molar-refractivity contribution is -0.155. The van der Waals surface area contributed by atoms with Crippen LogP contribution in [0.5, 0.6) is 5.75 Å². The molecule has 8 heteroatoms. The van der Waals surface area contributed by atoms with Gasteiger partial charge in [0.25, 0.3) is 0 Å². The molecule has 2 aliphatic carbocycles. The lowest BCUT2D eigenvalue weighted by atomic mass is 9.67. The Morgan fingerprint density at radius 2 is 1.86 bits per heavy atom. The first-order chi connectivity index (χ1) is 16.9. The molecule has 0 aliphatic heterocycles. The number of sulfonamides is 1. The monoisotopic (exact) mass is 519 g/mol. The number of fused-ring (bicyclic) bond motifs is 1. The number of nitrogens with one attached hydrogen (secondary N) is 1. The maximum atomic E-state index is 13.2. The lowest BCUT2D eigenvalue weighted by Gasteiger charge is -2.39. The van der Waals surface area contributed by atoms with Crippen molar-refractivity contribution in [2.45, 2.75) is 109 Å². The van der Waals surface area contributed by atoms with Gasteiger partial charge in [0, 0.05) is 6.42 Å². The molecule has 0 bridgehead atoms. The van der Waals surface area contributed by atoms with Crippen molar-refractivity contribution in [3.63, 3.8) is 0 Å². The van der Waals surface area contributed by atoms with Gasteiger partial charge in [0.1, 0.15) is 22.5 Å². The summed E-state index contributed by atoms with van der Waals surface area (Å²) in [6.07, 6.45) is 8.07. The Morgan fingerprint density at radius 1 is 1.17 bits per heavy atom. The highest BCUT2D eigenvalue weighted by Crippen LogP contribution is 2.45. The van der Waals surface area contributed by atoms with E-state index in [0.717, 1.165) is 18.8 Å². The Labute approximate surface area is 216 Å². The predicted molar refractivity (Wildman–Crippen MR) is 139 cm³/mol. The van der Waals surface area contributed by atoms with Crippen molar-refractivity contribution in [3.8, 4) is 5.75 Å². The summed E-state index contributed by atoms with van der Waals surface area (Å²) in [4.78, 5) is 23.7. The molecule has 0 spiro atoms. The van der Waals surface area contributed by atoms with Gasteiger partial charge >= 0.3 is 5.97 Å². The summed E-state index contributed by atoms with van der Waals surface area (Å²) >= 11 is 0. The van der Waals surface area contributed by atoms with E-state index < -0.39 is 34.1 Å². The van der Waals surface area contributed by atoms with E-state index >= 15 is 0 Å². The second kappa shape index (κ2) is 11.9. The van der Waals surface area contributed by atoms with Crippen molar-refractivity contribution in [1.29, 1.82) is 0 Å². The lowest BCUT2D eigenvalue weighted by Crippen LogP contribution is -2.39. The Kier molecular flexibility index (Phi) is 9.39. The first-order valence-corrected chi connectivity index (χ1v) is 14.5. The molecule has 1 fully saturated rings. The van der Waals surface area contributed by atoms with Crippen LogP contribution in [0, 0.1) is 11.8 Å². The van der Waals surface area contributed by atoms with Gasteiger partial charge in [-0.2, -0.15) is 0 Å². The van der Waals surface area contributed by atoms with Crippen molar-refractivity contribution >= 4 is 22.3 Å². The van der Waals surface area contributed by atoms with Crippen LogP contribution in [0.2, 0.25) is 0 Å². The van der Waals surface area contributed by atoms with Crippen molar-refractivity contribution in [1.82, 2.24) is 4.72 Å². The van der Waals surface area contributed by atoms with Gasteiger partial charge in [0.15, 0.2) is 0 Å². The van der Waals surface area contributed by atoms with Crippen LogP contribution < -0.4 is 9.46 Å². The number of allylic oxidation sites excluding steroid dienone is 1. The third kappa shape index (κ3) is 7.65. The van der Waals surface area contributed by atoms with Gasteiger partial charge in [0.05, 0.1) is 18.6 Å². The van der Waals surface area contributed by atoms with Gasteiger partial charge in [0.2, 0.25) is 10.0 Å². The van der Waals surface area contributed by atoms with E-state index in [1.165, 1.54) is 49.3 Å². The number of hydrogen-bond acceptors (Lipinski definition) is 6. The molecule has 3 unspecified atom stereocenters. The van der Waals surface area contributed by atoms with Gasteiger partial charge in [-0.3, -0.25) is 4.79 Å². The summed E-state index contributed by atoms with van der Waals surface area (Å²) in [5, 5.41) is 0. The molecule has 0 heterocycles. The normalized spacial score (nSPS) is 22.4. The van der Waals surface area contributed by atoms with E-state index in [1.54, 1.807) is 39.0 Å². The summed E-state index contributed by atoms with van der Waals surface area (Å²) in [5.41, 5.74) is 2.20. The van der Waals surface area contributed by atoms with E-state index in [-0.39, 0.29) is 16.7 Å². The summed E-state index contributed by atoms with van der Waals surface area (Å²) in [6.45, 7) is 9.32. The van der Waals surface area contributed by atoms with Crippen LogP contribution in [0.15, 0.2) is 40.3 Å². The molecule has 1 aromatic carbocycles. The Bertz CT molecular complexity index is 1070. The zero-order valence-corrected chi connectivity index (χ0v) is 23.0. The van der Waals surface area contributed by atoms with Crippen molar-refractivity contribution in [2.24, 2.45) is 11.8 Å². The molecule has 4 atom stereocenters. The zero-order valence-electron chi connectivity index (χ0n) is 22.2. The first kappa shape index (κ1) is 28.4. The largest absolute Gasteiger partial charge is 0.489 e. The second-order valence-electron chi connectivity index (χ2n) is 11.2. The van der Waals surface area contributed by atoms with Crippen molar-refractivity contribution in [3.05, 3.63) is 35.4 Å². The van der Waals surface area contributed by atoms with Crippen LogP contribution in [-0.4, -0.2) is 38.4 Å². The number of carbonyl (C=O) groups is 2. The summed E-state index contributed by atoms with van der Waals surface area (Å²) in [5.74, 6) is 0.943. The highest BCUT2D eigenvalue weighted by molar-refractivity contribution is 7.89. The molecule has 36 heavy (non-hydrogen) atoms. The molecule has 0 amide bonds.